The van der Waals surface area contributed by atoms with Crippen molar-refractivity contribution in [3.63, 3.8) is 0 Å². The van der Waals surface area contributed by atoms with Crippen molar-refractivity contribution in [2.45, 2.75) is 13.0 Å². The second-order valence-electron chi connectivity index (χ2n) is 5.21. The molecule has 0 aromatic carbocycles. The molecule has 5 heteroatoms. The molecule has 5 nitrogen and oxygen atoms in total. The highest BCUT2D eigenvalue weighted by Crippen LogP contribution is 2.14. The summed E-state index contributed by atoms with van der Waals surface area (Å²) in [5.74, 6) is 0.936. The maximum absolute atomic E-state index is 5.70. The van der Waals surface area contributed by atoms with Crippen LogP contribution in [0.15, 0.2) is 12.3 Å². The Hall–Kier alpha value is -1.33. The van der Waals surface area contributed by atoms with Crippen LogP contribution in [-0.4, -0.2) is 61.1 Å². The van der Waals surface area contributed by atoms with E-state index in [0.29, 0.717) is 11.7 Å². The predicted octanol–water partition coefficient (Wildman–Crippen LogP) is 0.630. The number of aryl methyl sites for hydroxylation is 1. The summed E-state index contributed by atoms with van der Waals surface area (Å²) < 4.78 is 0. The summed E-state index contributed by atoms with van der Waals surface area (Å²) in [5.41, 5.74) is 7.52. The Morgan fingerprint density at radius 1 is 1.44 bits per heavy atom. The Balaban J connectivity index is 1.94. The molecule has 2 heterocycles. The van der Waals surface area contributed by atoms with Gasteiger partial charge in [0.1, 0.15) is 5.82 Å². The van der Waals surface area contributed by atoms with Crippen LogP contribution in [0, 0.1) is 6.92 Å². The third-order valence-electron chi connectivity index (χ3n) is 3.58. The van der Waals surface area contributed by atoms with E-state index >= 15 is 0 Å². The first-order valence-electron chi connectivity index (χ1n) is 6.41. The number of pyridine rings is 1. The first kappa shape index (κ1) is 13.1. The molecule has 1 atom stereocenters. The zero-order valence-corrected chi connectivity index (χ0v) is 11.5. The summed E-state index contributed by atoms with van der Waals surface area (Å²) in [7, 11) is 4.36. The van der Waals surface area contributed by atoms with Crippen molar-refractivity contribution in [1.29, 1.82) is 0 Å². The van der Waals surface area contributed by atoms with E-state index in [-0.39, 0.29) is 0 Å². The summed E-state index contributed by atoms with van der Waals surface area (Å²) in [6, 6.07) is 2.48. The van der Waals surface area contributed by atoms with Crippen molar-refractivity contribution >= 4 is 11.5 Å². The van der Waals surface area contributed by atoms with Gasteiger partial charge >= 0.3 is 0 Å². The van der Waals surface area contributed by atoms with Gasteiger partial charge in [-0.25, -0.2) is 4.98 Å². The standard InChI is InChI=1S/C13H23N5/c1-10-6-11(14)7-15-13(10)16-8-12-9-17(2)4-5-18(12)3/h6-7,12H,4-5,8-9,14H2,1-3H3,(H,15,16). The van der Waals surface area contributed by atoms with Gasteiger partial charge in [-0.15, -0.1) is 0 Å². The molecule has 2 rings (SSSR count). The van der Waals surface area contributed by atoms with Crippen LogP contribution in [0.2, 0.25) is 0 Å². The zero-order chi connectivity index (χ0) is 13.1. The van der Waals surface area contributed by atoms with E-state index in [4.69, 9.17) is 5.73 Å². The van der Waals surface area contributed by atoms with Gasteiger partial charge in [0.05, 0.1) is 11.9 Å². The monoisotopic (exact) mass is 249 g/mol. The van der Waals surface area contributed by atoms with Crippen LogP contribution in [-0.2, 0) is 0 Å². The van der Waals surface area contributed by atoms with Crippen LogP contribution in [0.3, 0.4) is 0 Å². The zero-order valence-electron chi connectivity index (χ0n) is 11.5. The fourth-order valence-electron chi connectivity index (χ4n) is 2.32. The van der Waals surface area contributed by atoms with Crippen LogP contribution in [0.5, 0.6) is 0 Å². The molecule has 1 aromatic rings. The van der Waals surface area contributed by atoms with Crippen LogP contribution < -0.4 is 11.1 Å². The molecule has 1 aliphatic rings. The van der Waals surface area contributed by atoms with E-state index in [1.807, 2.05) is 13.0 Å². The Morgan fingerprint density at radius 3 is 2.94 bits per heavy atom. The first-order valence-corrected chi connectivity index (χ1v) is 6.41. The van der Waals surface area contributed by atoms with E-state index in [9.17, 15) is 0 Å². The number of nitrogens with zero attached hydrogens (tertiary/aromatic N) is 3. The number of nitrogens with one attached hydrogen (secondary N) is 1. The van der Waals surface area contributed by atoms with Crippen molar-refractivity contribution < 1.29 is 0 Å². The maximum Gasteiger partial charge on any atom is 0.129 e. The number of nitrogen functional groups attached to an aromatic ring is 1. The van der Waals surface area contributed by atoms with Crippen molar-refractivity contribution in [3.8, 4) is 0 Å². The molecular formula is C13H23N5. The topological polar surface area (TPSA) is 57.4 Å². The maximum atomic E-state index is 5.70. The van der Waals surface area contributed by atoms with Gasteiger partial charge in [0.25, 0.3) is 0 Å². The van der Waals surface area contributed by atoms with Crippen LogP contribution >= 0.6 is 0 Å². The quantitative estimate of drug-likeness (QED) is 0.823. The molecule has 0 saturated carbocycles. The average Bonchev–Trinajstić information content (AvgIpc) is 2.32. The van der Waals surface area contributed by atoms with Gasteiger partial charge in [-0.2, -0.15) is 0 Å². The third kappa shape index (κ3) is 3.11. The second-order valence-corrected chi connectivity index (χ2v) is 5.21. The van der Waals surface area contributed by atoms with Gasteiger partial charge in [0, 0.05) is 32.2 Å². The second kappa shape index (κ2) is 5.54. The summed E-state index contributed by atoms with van der Waals surface area (Å²) in [4.78, 5) is 9.11. The molecule has 0 radical (unpaired) electrons. The van der Waals surface area contributed by atoms with Gasteiger partial charge < -0.3 is 16.0 Å². The van der Waals surface area contributed by atoms with E-state index in [0.717, 1.165) is 37.6 Å². The summed E-state index contributed by atoms with van der Waals surface area (Å²) >= 11 is 0. The fourth-order valence-corrected chi connectivity index (χ4v) is 2.32. The average molecular weight is 249 g/mol. The molecule has 0 spiro atoms. The number of anilines is 2. The lowest BCUT2D eigenvalue weighted by Gasteiger charge is -2.37. The molecular weight excluding hydrogens is 226 g/mol. The lowest BCUT2D eigenvalue weighted by atomic mass is 10.2. The van der Waals surface area contributed by atoms with Crippen molar-refractivity contribution in [1.82, 2.24) is 14.8 Å². The normalized spacial score (nSPS) is 22.1. The number of hydrogen-bond donors (Lipinski definition) is 2. The minimum atomic E-state index is 0.530. The van der Waals surface area contributed by atoms with Crippen molar-refractivity contribution in [3.05, 3.63) is 17.8 Å². The summed E-state index contributed by atoms with van der Waals surface area (Å²) in [6.07, 6.45) is 1.70. The first-order chi connectivity index (χ1) is 8.56. The van der Waals surface area contributed by atoms with Gasteiger partial charge in [-0.3, -0.25) is 4.90 Å². The molecule has 0 bridgehead atoms. The largest absolute Gasteiger partial charge is 0.397 e. The summed E-state index contributed by atoms with van der Waals surface area (Å²) in [6.45, 7) is 6.31. The molecule has 1 saturated heterocycles. The van der Waals surface area contributed by atoms with Crippen LogP contribution in [0.25, 0.3) is 0 Å². The number of rotatable bonds is 3. The third-order valence-corrected chi connectivity index (χ3v) is 3.58. The Morgan fingerprint density at radius 2 is 2.22 bits per heavy atom. The van der Waals surface area contributed by atoms with Crippen LogP contribution in [0.1, 0.15) is 5.56 Å². The molecule has 100 valence electrons. The number of hydrogen-bond acceptors (Lipinski definition) is 5. The number of likely N-dealkylation sites (N-methyl/N-ethyl adjacent to an activating group) is 2. The number of piperazine rings is 1. The Bertz CT molecular complexity index is 406. The Kier molecular flexibility index (Phi) is 4.04. The van der Waals surface area contributed by atoms with Crippen molar-refractivity contribution in [2.24, 2.45) is 0 Å². The molecule has 1 unspecified atom stereocenters. The van der Waals surface area contributed by atoms with Gasteiger partial charge in [-0.1, -0.05) is 0 Å². The molecule has 1 fully saturated rings. The Labute approximate surface area is 109 Å². The van der Waals surface area contributed by atoms with Gasteiger partial charge in [0.2, 0.25) is 0 Å². The minimum Gasteiger partial charge on any atom is -0.397 e. The minimum absolute atomic E-state index is 0.530. The molecule has 1 aliphatic heterocycles. The molecule has 1 aromatic heterocycles. The number of aromatic nitrogens is 1. The smallest absolute Gasteiger partial charge is 0.129 e. The highest BCUT2D eigenvalue weighted by Gasteiger charge is 2.21. The highest BCUT2D eigenvalue weighted by atomic mass is 15.3. The van der Waals surface area contributed by atoms with E-state index in [1.54, 1.807) is 6.20 Å². The lowest BCUT2D eigenvalue weighted by Crippen LogP contribution is -2.52. The van der Waals surface area contributed by atoms with Crippen molar-refractivity contribution in [2.75, 3.05) is 51.3 Å². The molecule has 0 amide bonds. The van der Waals surface area contributed by atoms with Crippen LogP contribution in [0.4, 0.5) is 11.5 Å². The van der Waals surface area contributed by atoms with Gasteiger partial charge in [-0.05, 0) is 32.6 Å². The van der Waals surface area contributed by atoms with E-state index in [1.165, 1.54) is 0 Å². The van der Waals surface area contributed by atoms with E-state index in [2.05, 4.69) is 34.2 Å². The SMILES string of the molecule is Cc1cc(N)cnc1NCC1CN(C)CCN1C. The predicted molar refractivity (Wildman–Crippen MR) is 75.8 cm³/mol. The fraction of sp³-hybridized carbons (Fsp3) is 0.615. The molecule has 18 heavy (non-hydrogen) atoms. The number of nitrogens with two attached hydrogens (primary N) is 1. The van der Waals surface area contributed by atoms with E-state index < -0.39 is 0 Å². The summed E-state index contributed by atoms with van der Waals surface area (Å²) in [5, 5.41) is 3.43. The highest BCUT2D eigenvalue weighted by molar-refractivity contribution is 5.50. The lowest BCUT2D eigenvalue weighted by molar-refractivity contribution is 0.122. The molecule has 0 aliphatic carbocycles. The molecule has 3 N–H and O–H groups in total. The van der Waals surface area contributed by atoms with Gasteiger partial charge in [0.15, 0.2) is 0 Å².